The summed E-state index contributed by atoms with van der Waals surface area (Å²) >= 11 is 19.4. The lowest BCUT2D eigenvalue weighted by Crippen LogP contribution is -2.33. The van der Waals surface area contributed by atoms with Crippen molar-refractivity contribution in [1.82, 2.24) is 4.98 Å². The molecule has 0 unspecified atom stereocenters. The van der Waals surface area contributed by atoms with Gasteiger partial charge < -0.3 is 0 Å². The van der Waals surface area contributed by atoms with E-state index in [1.807, 2.05) is 24.3 Å². The van der Waals surface area contributed by atoms with Crippen molar-refractivity contribution in [2.45, 2.75) is 11.8 Å². The first-order valence-electron chi connectivity index (χ1n) is 6.08. The molecule has 1 aromatic heterocycles. The van der Waals surface area contributed by atoms with E-state index in [4.69, 9.17) is 23.2 Å². The maximum absolute atomic E-state index is 6.26. The van der Waals surface area contributed by atoms with E-state index in [1.165, 1.54) is 0 Å². The van der Waals surface area contributed by atoms with Gasteiger partial charge in [-0.1, -0.05) is 28.1 Å². The zero-order valence-electron chi connectivity index (χ0n) is 10.6. The van der Waals surface area contributed by atoms with Gasteiger partial charge in [0.15, 0.2) is 0 Å². The van der Waals surface area contributed by atoms with Crippen LogP contribution < -0.4 is 0 Å². The quantitative estimate of drug-likeness (QED) is 0.557. The van der Waals surface area contributed by atoms with Crippen molar-refractivity contribution in [3.63, 3.8) is 0 Å². The van der Waals surface area contributed by atoms with E-state index in [0.29, 0.717) is 18.2 Å². The molecule has 0 spiro atoms. The third-order valence-corrected chi connectivity index (χ3v) is 5.24. The molecule has 1 nitrogen and oxygen atoms in total. The fraction of sp³-hybridized carbons (Fsp3) is 0.267. The minimum absolute atomic E-state index is 0.312. The summed E-state index contributed by atoms with van der Waals surface area (Å²) in [4.78, 5) is 4.43. The molecular formula is C15H13Br2Cl2N. The van der Waals surface area contributed by atoms with Crippen LogP contribution in [0.4, 0.5) is 0 Å². The Morgan fingerprint density at radius 1 is 1.00 bits per heavy atom. The summed E-state index contributed by atoms with van der Waals surface area (Å²) in [5.41, 5.74) is 1.80. The van der Waals surface area contributed by atoms with Gasteiger partial charge in [0.05, 0.1) is 0 Å². The zero-order valence-corrected chi connectivity index (χ0v) is 15.3. The second kappa shape index (κ2) is 7.26. The Hall–Kier alpha value is -0.0900. The first-order valence-corrected chi connectivity index (χ1v) is 8.73. The van der Waals surface area contributed by atoms with Gasteiger partial charge in [-0.15, -0.1) is 23.2 Å². The Bertz CT molecular complexity index is 568. The number of nitrogens with zero attached hydrogens (tertiary/aromatic N) is 1. The molecule has 0 radical (unpaired) electrons. The molecule has 5 heteroatoms. The van der Waals surface area contributed by atoms with Crippen molar-refractivity contribution in [3.8, 4) is 0 Å². The molecule has 0 atom stereocenters. The molecule has 0 aliphatic carbocycles. The highest BCUT2D eigenvalue weighted by Crippen LogP contribution is 2.32. The number of hydrogen-bond acceptors (Lipinski definition) is 1. The molecule has 0 fully saturated rings. The van der Waals surface area contributed by atoms with Gasteiger partial charge in [0.1, 0.15) is 0 Å². The summed E-state index contributed by atoms with van der Waals surface area (Å²) in [5.74, 6) is 0.898. The summed E-state index contributed by atoms with van der Waals surface area (Å²) in [7, 11) is 0. The van der Waals surface area contributed by atoms with Crippen LogP contribution in [-0.2, 0) is 11.8 Å². The maximum Gasteiger partial charge on any atom is 0.0414 e. The Kier molecular flexibility index (Phi) is 5.91. The highest BCUT2D eigenvalue weighted by molar-refractivity contribution is 9.10. The van der Waals surface area contributed by atoms with Crippen LogP contribution in [-0.4, -0.2) is 16.7 Å². The molecule has 2 rings (SSSR count). The fourth-order valence-electron chi connectivity index (χ4n) is 2.06. The van der Waals surface area contributed by atoms with Crippen LogP contribution in [0.3, 0.4) is 0 Å². The normalized spacial score (nSPS) is 11.6. The van der Waals surface area contributed by atoms with Crippen molar-refractivity contribution >= 4 is 55.1 Å². The molecule has 0 aliphatic rings. The minimum atomic E-state index is -0.312. The van der Waals surface area contributed by atoms with Crippen molar-refractivity contribution in [2.75, 3.05) is 11.8 Å². The smallest absolute Gasteiger partial charge is 0.0414 e. The Morgan fingerprint density at radius 3 is 2.30 bits per heavy atom. The molecule has 0 saturated carbocycles. The lowest BCUT2D eigenvalue weighted by Gasteiger charge is -2.30. The summed E-state index contributed by atoms with van der Waals surface area (Å²) in [5, 5.41) is 0. The van der Waals surface area contributed by atoms with Gasteiger partial charge in [-0.25, -0.2) is 0 Å². The van der Waals surface area contributed by atoms with Crippen LogP contribution in [0.25, 0.3) is 0 Å². The van der Waals surface area contributed by atoms with Crippen molar-refractivity contribution in [2.24, 2.45) is 0 Å². The predicted molar refractivity (Wildman–Crippen MR) is 92.9 cm³/mol. The van der Waals surface area contributed by atoms with Gasteiger partial charge in [-0.2, -0.15) is 0 Å². The molecule has 0 amide bonds. The number of halogens is 4. The van der Waals surface area contributed by atoms with E-state index in [0.717, 1.165) is 20.2 Å². The number of aromatic nitrogens is 1. The molecule has 20 heavy (non-hydrogen) atoms. The molecule has 1 heterocycles. The van der Waals surface area contributed by atoms with E-state index < -0.39 is 0 Å². The predicted octanol–water partition coefficient (Wildman–Crippen LogP) is 5.56. The molecule has 0 bridgehead atoms. The highest BCUT2D eigenvalue weighted by atomic mass is 79.9. The van der Waals surface area contributed by atoms with Gasteiger partial charge in [0.2, 0.25) is 0 Å². The second-order valence-corrected chi connectivity index (χ2v) is 7.07. The SMILES string of the molecule is ClCC(CCl)(Cc1ccc(Br)cn1)c1cccc(Br)c1. The van der Waals surface area contributed by atoms with E-state index >= 15 is 0 Å². The summed E-state index contributed by atoms with van der Waals surface area (Å²) < 4.78 is 1.99. The summed E-state index contributed by atoms with van der Waals surface area (Å²) in [6.07, 6.45) is 2.51. The number of rotatable bonds is 5. The molecule has 2 aromatic rings. The first kappa shape index (κ1) is 16.3. The Morgan fingerprint density at radius 2 is 1.75 bits per heavy atom. The molecule has 1 aromatic carbocycles. The zero-order chi connectivity index (χ0) is 14.6. The third-order valence-electron chi connectivity index (χ3n) is 3.26. The van der Waals surface area contributed by atoms with Gasteiger partial charge in [0.25, 0.3) is 0 Å². The topological polar surface area (TPSA) is 12.9 Å². The minimum Gasteiger partial charge on any atom is -0.260 e. The number of hydrogen-bond donors (Lipinski definition) is 0. The van der Waals surface area contributed by atoms with Gasteiger partial charge >= 0.3 is 0 Å². The standard InChI is InChI=1S/C15H13Br2Cl2N/c16-12-3-1-2-11(6-12)15(9-18,10-19)7-14-5-4-13(17)8-20-14/h1-6,8H,7,9-10H2. The van der Waals surface area contributed by atoms with Gasteiger partial charge in [-0.3, -0.25) is 4.98 Å². The van der Waals surface area contributed by atoms with E-state index in [-0.39, 0.29) is 5.41 Å². The molecule has 0 saturated heterocycles. The summed E-state index contributed by atoms with van der Waals surface area (Å²) in [6, 6.07) is 12.1. The van der Waals surface area contributed by atoms with E-state index in [9.17, 15) is 0 Å². The van der Waals surface area contributed by atoms with Crippen LogP contribution >= 0.6 is 55.1 Å². The number of benzene rings is 1. The van der Waals surface area contributed by atoms with Crippen LogP contribution in [0.5, 0.6) is 0 Å². The fourth-order valence-corrected chi connectivity index (χ4v) is 3.48. The second-order valence-electron chi connectivity index (χ2n) is 4.70. The van der Waals surface area contributed by atoms with Crippen molar-refractivity contribution in [1.29, 1.82) is 0 Å². The molecular weight excluding hydrogens is 425 g/mol. The van der Waals surface area contributed by atoms with E-state index in [2.05, 4.69) is 49.0 Å². The summed E-state index contributed by atoms with van der Waals surface area (Å²) in [6.45, 7) is 0. The lowest BCUT2D eigenvalue weighted by atomic mass is 9.80. The monoisotopic (exact) mass is 435 g/mol. The molecule has 106 valence electrons. The largest absolute Gasteiger partial charge is 0.260 e. The van der Waals surface area contributed by atoms with Crippen LogP contribution in [0, 0.1) is 0 Å². The van der Waals surface area contributed by atoms with E-state index in [1.54, 1.807) is 6.20 Å². The van der Waals surface area contributed by atoms with Gasteiger partial charge in [0, 0.05) is 44.4 Å². The highest BCUT2D eigenvalue weighted by Gasteiger charge is 2.31. The number of pyridine rings is 1. The van der Waals surface area contributed by atoms with Crippen molar-refractivity contribution in [3.05, 3.63) is 62.8 Å². The maximum atomic E-state index is 6.26. The average molecular weight is 438 g/mol. The van der Waals surface area contributed by atoms with Crippen LogP contribution in [0.1, 0.15) is 11.3 Å². The van der Waals surface area contributed by atoms with Gasteiger partial charge in [-0.05, 0) is 45.8 Å². The third kappa shape index (κ3) is 3.76. The van der Waals surface area contributed by atoms with Crippen LogP contribution in [0.2, 0.25) is 0 Å². The molecule has 0 aliphatic heterocycles. The molecule has 0 N–H and O–H groups in total. The Balaban J connectivity index is 2.36. The average Bonchev–Trinajstić information content (AvgIpc) is 2.47. The number of alkyl halides is 2. The first-order chi connectivity index (χ1) is 9.59. The van der Waals surface area contributed by atoms with Crippen molar-refractivity contribution < 1.29 is 0 Å². The lowest BCUT2D eigenvalue weighted by molar-refractivity contribution is 0.528. The Labute approximate surface area is 146 Å². The van der Waals surface area contributed by atoms with Crippen LogP contribution in [0.15, 0.2) is 51.5 Å².